The SMILES string of the molecule is Cc1ccc(-c2nn(C3(C)CCS(=O)(=O)C3)cc2N)o1. The first-order valence-electron chi connectivity index (χ1n) is 6.42. The number of aryl methyl sites for hydroxylation is 1. The van der Waals surface area contributed by atoms with Crippen molar-refractivity contribution in [3.63, 3.8) is 0 Å². The molecule has 7 heteroatoms. The molecular weight excluding hydrogens is 278 g/mol. The van der Waals surface area contributed by atoms with Crippen LogP contribution in [0, 0.1) is 6.92 Å². The number of anilines is 1. The molecule has 1 saturated heterocycles. The van der Waals surface area contributed by atoms with E-state index in [1.54, 1.807) is 10.9 Å². The summed E-state index contributed by atoms with van der Waals surface area (Å²) in [7, 11) is -2.99. The van der Waals surface area contributed by atoms with Gasteiger partial charge in [-0.15, -0.1) is 0 Å². The normalized spacial score (nSPS) is 25.1. The molecule has 0 bridgehead atoms. The minimum Gasteiger partial charge on any atom is -0.460 e. The third kappa shape index (κ3) is 2.11. The molecule has 0 aromatic carbocycles. The molecule has 1 atom stereocenters. The summed E-state index contributed by atoms with van der Waals surface area (Å²) in [4.78, 5) is 0. The molecule has 1 fully saturated rings. The fraction of sp³-hybridized carbons (Fsp3) is 0.462. The van der Waals surface area contributed by atoms with E-state index in [0.29, 0.717) is 23.6 Å². The molecule has 0 aliphatic carbocycles. The lowest BCUT2D eigenvalue weighted by Crippen LogP contribution is -2.31. The van der Waals surface area contributed by atoms with Crippen LogP contribution in [0.5, 0.6) is 0 Å². The number of furan rings is 1. The van der Waals surface area contributed by atoms with Gasteiger partial charge in [-0.25, -0.2) is 8.42 Å². The molecule has 0 saturated carbocycles. The second kappa shape index (κ2) is 4.12. The quantitative estimate of drug-likeness (QED) is 0.908. The van der Waals surface area contributed by atoms with Crippen molar-refractivity contribution in [1.82, 2.24) is 9.78 Å². The third-order valence-corrected chi connectivity index (χ3v) is 5.64. The highest BCUT2D eigenvalue weighted by atomic mass is 32.2. The number of nitrogen functional groups attached to an aromatic ring is 1. The summed E-state index contributed by atoms with van der Waals surface area (Å²) >= 11 is 0. The zero-order valence-corrected chi connectivity index (χ0v) is 12.3. The predicted octanol–water partition coefficient (Wildman–Crippen LogP) is 1.57. The average Bonchev–Trinajstić information content (AvgIpc) is 2.99. The van der Waals surface area contributed by atoms with Gasteiger partial charge in [-0.1, -0.05) is 0 Å². The van der Waals surface area contributed by atoms with Crippen molar-refractivity contribution in [3.05, 3.63) is 24.1 Å². The smallest absolute Gasteiger partial charge is 0.156 e. The lowest BCUT2D eigenvalue weighted by atomic mass is 10.0. The van der Waals surface area contributed by atoms with Crippen molar-refractivity contribution >= 4 is 15.5 Å². The van der Waals surface area contributed by atoms with Gasteiger partial charge in [0, 0.05) is 6.20 Å². The van der Waals surface area contributed by atoms with E-state index in [-0.39, 0.29) is 11.5 Å². The molecule has 2 N–H and O–H groups in total. The minimum absolute atomic E-state index is 0.0950. The zero-order valence-electron chi connectivity index (χ0n) is 11.5. The summed E-state index contributed by atoms with van der Waals surface area (Å²) in [5, 5.41) is 4.45. The summed E-state index contributed by atoms with van der Waals surface area (Å²) in [5.74, 6) is 1.67. The molecule has 0 radical (unpaired) electrons. The Bertz CT molecular complexity index is 760. The van der Waals surface area contributed by atoms with E-state index < -0.39 is 15.4 Å². The second-order valence-corrected chi connectivity index (χ2v) is 7.81. The van der Waals surface area contributed by atoms with Gasteiger partial charge in [0.25, 0.3) is 0 Å². The number of nitrogens with two attached hydrogens (primary N) is 1. The molecular formula is C13H17N3O3S. The van der Waals surface area contributed by atoms with Crippen molar-refractivity contribution in [2.24, 2.45) is 0 Å². The predicted molar refractivity (Wildman–Crippen MR) is 76.0 cm³/mol. The van der Waals surface area contributed by atoms with Gasteiger partial charge in [0.1, 0.15) is 5.76 Å². The molecule has 108 valence electrons. The van der Waals surface area contributed by atoms with E-state index in [4.69, 9.17) is 10.2 Å². The average molecular weight is 295 g/mol. The van der Waals surface area contributed by atoms with Crippen LogP contribution in [0.4, 0.5) is 5.69 Å². The number of hydrogen-bond acceptors (Lipinski definition) is 5. The monoisotopic (exact) mass is 295 g/mol. The Labute approximate surface area is 117 Å². The fourth-order valence-electron chi connectivity index (χ4n) is 2.59. The van der Waals surface area contributed by atoms with Crippen molar-refractivity contribution in [2.75, 3.05) is 17.2 Å². The molecule has 2 aromatic heterocycles. The minimum atomic E-state index is -2.99. The van der Waals surface area contributed by atoms with Crippen LogP contribution in [0.15, 0.2) is 22.7 Å². The first-order chi connectivity index (χ1) is 9.29. The lowest BCUT2D eigenvalue weighted by molar-refractivity contribution is 0.329. The van der Waals surface area contributed by atoms with Crippen LogP contribution >= 0.6 is 0 Å². The van der Waals surface area contributed by atoms with Crippen LogP contribution in [0.3, 0.4) is 0 Å². The third-order valence-electron chi connectivity index (χ3n) is 3.75. The maximum absolute atomic E-state index is 11.7. The van der Waals surface area contributed by atoms with Crippen molar-refractivity contribution in [2.45, 2.75) is 25.8 Å². The molecule has 0 spiro atoms. The van der Waals surface area contributed by atoms with Crippen molar-refractivity contribution < 1.29 is 12.8 Å². The molecule has 2 aromatic rings. The molecule has 0 amide bonds. The number of aromatic nitrogens is 2. The van der Waals surface area contributed by atoms with Gasteiger partial charge in [0.2, 0.25) is 0 Å². The Kier molecular flexibility index (Phi) is 2.72. The van der Waals surface area contributed by atoms with Crippen molar-refractivity contribution in [1.29, 1.82) is 0 Å². The second-order valence-electron chi connectivity index (χ2n) is 5.63. The highest BCUT2D eigenvalue weighted by Crippen LogP contribution is 2.34. The molecule has 1 unspecified atom stereocenters. The largest absolute Gasteiger partial charge is 0.460 e. The molecule has 6 nitrogen and oxygen atoms in total. The summed E-state index contributed by atoms with van der Waals surface area (Å²) in [5.41, 5.74) is 6.50. The fourth-order valence-corrected chi connectivity index (χ4v) is 4.71. The summed E-state index contributed by atoms with van der Waals surface area (Å²) in [6.45, 7) is 3.74. The summed E-state index contributed by atoms with van der Waals surface area (Å²) in [6.07, 6.45) is 2.24. The van der Waals surface area contributed by atoms with E-state index >= 15 is 0 Å². The van der Waals surface area contributed by atoms with Crippen LogP contribution in [0.1, 0.15) is 19.1 Å². The Morgan fingerprint density at radius 2 is 2.20 bits per heavy atom. The van der Waals surface area contributed by atoms with E-state index in [0.717, 1.165) is 5.76 Å². The Morgan fingerprint density at radius 1 is 1.45 bits per heavy atom. The first-order valence-corrected chi connectivity index (χ1v) is 8.24. The van der Waals surface area contributed by atoms with Gasteiger partial charge >= 0.3 is 0 Å². The lowest BCUT2D eigenvalue weighted by Gasteiger charge is -2.22. The number of nitrogens with zero attached hydrogens (tertiary/aromatic N) is 2. The number of sulfone groups is 1. The molecule has 1 aliphatic rings. The van der Waals surface area contributed by atoms with Gasteiger partial charge in [-0.2, -0.15) is 5.10 Å². The number of hydrogen-bond donors (Lipinski definition) is 1. The first kappa shape index (κ1) is 13.2. The van der Waals surface area contributed by atoms with Crippen LogP contribution in [0.25, 0.3) is 11.5 Å². The van der Waals surface area contributed by atoms with E-state index in [9.17, 15) is 8.42 Å². The highest BCUT2D eigenvalue weighted by Gasteiger charge is 2.41. The highest BCUT2D eigenvalue weighted by molar-refractivity contribution is 7.91. The standard InChI is InChI=1S/C13H17N3O3S/c1-9-3-4-11(19-9)12-10(14)7-16(15-12)13(2)5-6-20(17,18)8-13/h3-4,7H,5-6,8,14H2,1-2H3. The van der Waals surface area contributed by atoms with Crippen molar-refractivity contribution in [3.8, 4) is 11.5 Å². The Morgan fingerprint density at radius 3 is 2.75 bits per heavy atom. The van der Waals surface area contributed by atoms with Crippen LogP contribution in [-0.4, -0.2) is 29.7 Å². The maximum atomic E-state index is 11.7. The summed E-state index contributed by atoms with van der Waals surface area (Å²) in [6, 6.07) is 3.65. The van der Waals surface area contributed by atoms with E-state index in [1.165, 1.54) is 0 Å². The zero-order chi connectivity index (χ0) is 14.5. The topological polar surface area (TPSA) is 91.1 Å². The molecule has 3 rings (SSSR count). The van der Waals surface area contributed by atoms with E-state index in [1.807, 2.05) is 26.0 Å². The Hall–Kier alpha value is -1.76. The van der Waals surface area contributed by atoms with Crippen LogP contribution < -0.4 is 5.73 Å². The maximum Gasteiger partial charge on any atom is 0.156 e. The van der Waals surface area contributed by atoms with Gasteiger partial charge < -0.3 is 10.2 Å². The molecule has 20 heavy (non-hydrogen) atoms. The van der Waals surface area contributed by atoms with Gasteiger partial charge in [-0.3, -0.25) is 4.68 Å². The van der Waals surface area contributed by atoms with Gasteiger partial charge in [0.05, 0.1) is 22.7 Å². The molecule has 3 heterocycles. The van der Waals surface area contributed by atoms with Crippen LogP contribution in [-0.2, 0) is 15.4 Å². The number of rotatable bonds is 2. The Balaban J connectivity index is 2.01. The van der Waals surface area contributed by atoms with Gasteiger partial charge in [-0.05, 0) is 32.4 Å². The molecule has 1 aliphatic heterocycles. The van der Waals surface area contributed by atoms with Gasteiger partial charge in [0.15, 0.2) is 21.3 Å². The van der Waals surface area contributed by atoms with Crippen LogP contribution in [0.2, 0.25) is 0 Å². The summed E-state index contributed by atoms with van der Waals surface area (Å²) < 4.78 is 30.6. The van der Waals surface area contributed by atoms with E-state index in [2.05, 4.69) is 5.10 Å².